The summed E-state index contributed by atoms with van der Waals surface area (Å²) in [6.45, 7) is 5.11. The zero-order valence-corrected chi connectivity index (χ0v) is 12.8. The van der Waals surface area contributed by atoms with Crippen LogP contribution in [-0.2, 0) is 0 Å². The van der Waals surface area contributed by atoms with Gasteiger partial charge in [0.1, 0.15) is 11.6 Å². The van der Waals surface area contributed by atoms with Crippen LogP contribution < -0.4 is 15.0 Å². The van der Waals surface area contributed by atoms with Gasteiger partial charge in [-0.25, -0.2) is 4.39 Å². The molecule has 0 bridgehead atoms. The first-order chi connectivity index (χ1) is 10.6. The largest absolute Gasteiger partial charge is 0.494 e. The van der Waals surface area contributed by atoms with E-state index in [1.807, 2.05) is 0 Å². The lowest BCUT2D eigenvalue weighted by Gasteiger charge is -2.36. The smallest absolute Gasteiger partial charge is 0.200 e. The number of rotatable bonds is 6. The topological polar surface area (TPSA) is 44.8 Å². The summed E-state index contributed by atoms with van der Waals surface area (Å²) in [5.74, 6) is -0.200. The zero-order chi connectivity index (χ0) is 15.9. The summed E-state index contributed by atoms with van der Waals surface area (Å²) < 4.78 is 18.5. The Morgan fingerprint density at radius 2 is 2.09 bits per heavy atom. The monoisotopic (exact) mass is 305 g/mol. The Balaban J connectivity index is 1.81. The van der Waals surface area contributed by atoms with E-state index in [9.17, 15) is 9.18 Å². The van der Waals surface area contributed by atoms with E-state index in [1.54, 1.807) is 13.2 Å². The number of amides is 1. The first kappa shape index (κ1) is 16.6. The molecule has 5 nitrogen and oxygen atoms in total. The second-order valence-electron chi connectivity index (χ2n) is 5.29. The van der Waals surface area contributed by atoms with Crippen molar-refractivity contribution in [3.8, 4) is 5.75 Å². The van der Waals surface area contributed by atoms with Crippen LogP contribution in [0, 0.1) is 5.82 Å². The number of piperazine rings is 1. The van der Waals surface area contributed by atoms with Gasteiger partial charge in [-0.2, -0.15) is 0 Å². The van der Waals surface area contributed by atoms with Crippen LogP contribution in [0.5, 0.6) is 5.75 Å². The number of halogens is 1. The molecule has 0 spiro atoms. The number of carbonyl (C=O) groups excluding carboxylic acids is 1. The van der Waals surface area contributed by atoms with E-state index in [4.69, 9.17) is 12.6 Å². The van der Waals surface area contributed by atoms with Gasteiger partial charge in [-0.1, -0.05) is 0 Å². The average molecular weight is 305 g/mol. The maximum Gasteiger partial charge on any atom is 0.200 e. The second kappa shape index (κ2) is 8.03. The third kappa shape index (κ3) is 4.63. The number of hydrogen-bond acceptors (Lipinski definition) is 4. The van der Waals surface area contributed by atoms with E-state index < -0.39 is 5.81 Å². The van der Waals surface area contributed by atoms with Crippen molar-refractivity contribution in [2.24, 2.45) is 0 Å². The van der Waals surface area contributed by atoms with Crippen LogP contribution in [-0.4, -0.2) is 64.9 Å². The average Bonchev–Trinajstić information content (AvgIpc) is 2.52. The molecule has 0 atom stereocenters. The van der Waals surface area contributed by atoms with Crippen molar-refractivity contribution in [1.82, 2.24) is 10.2 Å². The van der Waals surface area contributed by atoms with E-state index >= 15 is 0 Å². The van der Waals surface area contributed by atoms with Crippen molar-refractivity contribution in [2.75, 3.05) is 51.3 Å². The van der Waals surface area contributed by atoms with Crippen LogP contribution in [0.3, 0.4) is 0 Å². The minimum Gasteiger partial charge on any atom is -0.494 e. The quantitative estimate of drug-likeness (QED) is 0.634. The van der Waals surface area contributed by atoms with Gasteiger partial charge in [0.15, 0.2) is 13.7 Å². The van der Waals surface area contributed by atoms with Crippen molar-refractivity contribution in [2.45, 2.75) is 6.42 Å². The zero-order valence-electron chi connectivity index (χ0n) is 12.8. The Labute approximate surface area is 131 Å². The highest BCUT2D eigenvalue weighted by atomic mass is 19.1. The predicted molar refractivity (Wildman–Crippen MR) is 85.4 cm³/mol. The first-order valence-electron chi connectivity index (χ1n) is 7.44. The van der Waals surface area contributed by atoms with E-state index in [1.165, 1.54) is 12.1 Å². The summed E-state index contributed by atoms with van der Waals surface area (Å²) in [5, 5.41) is 2.59. The molecule has 1 N–H and O–H groups in total. The van der Waals surface area contributed by atoms with Gasteiger partial charge in [0, 0.05) is 38.8 Å². The lowest BCUT2D eigenvalue weighted by atomic mass is 10.1. The molecule has 1 aliphatic rings. The van der Waals surface area contributed by atoms with Crippen LogP contribution in [0.4, 0.5) is 14.9 Å². The molecule has 7 heteroatoms. The van der Waals surface area contributed by atoms with Crippen LogP contribution in [0.2, 0.25) is 0 Å². The molecular weight excluding hydrogens is 284 g/mol. The fourth-order valence-electron chi connectivity index (χ4n) is 2.64. The van der Waals surface area contributed by atoms with E-state index in [0.29, 0.717) is 12.3 Å². The highest BCUT2D eigenvalue weighted by Gasteiger charge is 2.19. The summed E-state index contributed by atoms with van der Waals surface area (Å²) in [6.07, 6.45) is 0.878. The highest BCUT2D eigenvalue weighted by Crippen LogP contribution is 2.29. The van der Waals surface area contributed by atoms with Gasteiger partial charge >= 0.3 is 0 Å². The van der Waals surface area contributed by atoms with E-state index in [-0.39, 0.29) is 5.82 Å². The SMILES string of the molecule is [B]C(=O)NCCCN1CCN(c2ccc(F)cc2OC)CC1. The number of nitrogens with one attached hydrogen (secondary N) is 1. The summed E-state index contributed by atoms with van der Waals surface area (Å²) in [5.41, 5.74) is 0.930. The number of benzene rings is 1. The molecule has 118 valence electrons. The van der Waals surface area contributed by atoms with Crippen LogP contribution >= 0.6 is 0 Å². The number of nitrogens with zero attached hydrogens (tertiary/aromatic N) is 2. The predicted octanol–water partition coefficient (Wildman–Crippen LogP) is 1.22. The molecule has 1 aromatic rings. The van der Waals surface area contributed by atoms with Gasteiger partial charge in [-0.3, -0.25) is 9.69 Å². The number of carbonyl (C=O) groups is 1. The Bertz CT molecular complexity index is 508. The molecule has 0 saturated carbocycles. The normalized spacial score (nSPS) is 15.6. The molecule has 1 aliphatic heterocycles. The number of methoxy groups -OCH3 is 1. The molecule has 1 saturated heterocycles. The molecule has 22 heavy (non-hydrogen) atoms. The van der Waals surface area contributed by atoms with Gasteiger partial charge in [0.25, 0.3) is 0 Å². The fraction of sp³-hybridized carbons (Fsp3) is 0.533. The highest BCUT2D eigenvalue weighted by molar-refractivity contribution is 6.57. The molecule has 0 aliphatic carbocycles. The van der Waals surface area contributed by atoms with Crippen molar-refractivity contribution < 1.29 is 13.9 Å². The molecule has 1 heterocycles. The minimum absolute atomic E-state index is 0.291. The molecule has 2 rings (SSSR count). The van der Waals surface area contributed by atoms with Crippen molar-refractivity contribution in [3.63, 3.8) is 0 Å². The van der Waals surface area contributed by atoms with Gasteiger partial charge in [0.2, 0.25) is 0 Å². The molecule has 1 amide bonds. The Morgan fingerprint density at radius 1 is 1.36 bits per heavy atom. The third-order valence-corrected chi connectivity index (χ3v) is 3.81. The molecule has 1 aromatic carbocycles. The number of ether oxygens (including phenoxy) is 1. The first-order valence-corrected chi connectivity index (χ1v) is 7.44. The lowest BCUT2D eigenvalue weighted by molar-refractivity contribution is 0.248. The van der Waals surface area contributed by atoms with Gasteiger partial charge < -0.3 is 15.0 Å². The minimum atomic E-state index is -0.478. The van der Waals surface area contributed by atoms with Crippen LogP contribution in [0.25, 0.3) is 0 Å². The molecule has 0 unspecified atom stereocenters. The van der Waals surface area contributed by atoms with Gasteiger partial charge in [-0.05, 0) is 25.1 Å². The van der Waals surface area contributed by atoms with Crippen LogP contribution in [0.15, 0.2) is 18.2 Å². The van der Waals surface area contributed by atoms with Gasteiger partial charge in [-0.15, -0.1) is 0 Å². The standard InChI is InChI=1S/C15H21BFN3O2/c1-22-14-11-12(17)3-4-13(14)20-9-7-19(8-10-20)6-2-5-18-15(16)21/h3-4,11H,2,5-10H2,1H3,(H,18,21). The molecule has 0 aromatic heterocycles. The van der Waals surface area contributed by atoms with Crippen molar-refractivity contribution in [1.29, 1.82) is 0 Å². The van der Waals surface area contributed by atoms with E-state index in [0.717, 1.165) is 44.8 Å². The molecular formula is C15H21BFN3O2. The maximum absolute atomic E-state index is 13.2. The van der Waals surface area contributed by atoms with Crippen molar-refractivity contribution >= 4 is 19.3 Å². The van der Waals surface area contributed by atoms with Crippen molar-refractivity contribution in [3.05, 3.63) is 24.0 Å². The molecule has 2 radical (unpaired) electrons. The Morgan fingerprint density at radius 3 is 2.73 bits per heavy atom. The summed E-state index contributed by atoms with van der Waals surface area (Å²) >= 11 is 0. The van der Waals surface area contributed by atoms with Gasteiger partial charge in [0.05, 0.1) is 12.8 Å². The third-order valence-electron chi connectivity index (χ3n) is 3.81. The van der Waals surface area contributed by atoms with E-state index in [2.05, 4.69) is 15.1 Å². The lowest BCUT2D eigenvalue weighted by Crippen LogP contribution is -2.47. The molecule has 1 fully saturated rings. The number of hydrogen-bond donors (Lipinski definition) is 1. The second-order valence-corrected chi connectivity index (χ2v) is 5.29. The maximum atomic E-state index is 13.2. The Hall–Kier alpha value is -1.76. The summed E-state index contributed by atoms with van der Waals surface area (Å²) in [4.78, 5) is 15.1. The summed E-state index contributed by atoms with van der Waals surface area (Å²) in [7, 11) is 6.58. The number of anilines is 1. The van der Waals surface area contributed by atoms with Crippen LogP contribution in [0.1, 0.15) is 6.42 Å². The fourth-order valence-corrected chi connectivity index (χ4v) is 2.64. The Kier molecular flexibility index (Phi) is 6.06. The summed E-state index contributed by atoms with van der Waals surface area (Å²) in [6, 6.07) is 4.64.